The van der Waals surface area contributed by atoms with E-state index in [1.807, 2.05) is 7.05 Å². The fourth-order valence-electron chi connectivity index (χ4n) is 3.58. The van der Waals surface area contributed by atoms with Crippen LogP contribution in [-0.4, -0.2) is 31.1 Å². The van der Waals surface area contributed by atoms with Crippen molar-refractivity contribution in [2.24, 2.45) is 10.4 Å². The number of hydrogen-bond acceptors (Lipinski definition) is 1. The minimum absolute atomic E-state index is 0.439. The average molecular weight is 312 g/mol. The highest BCUT2D eigenvalue weighted by Crippen LogP contribution is 2.36. The number of nitrogens with one attached hydrogen (secondary N) is 3. The van der Waals surface area contributed by atoms with Crippen LogP contribution in [0.15, 0.2) is 35.5 Å². The molecule has 1 fully saturated rings. The molecule has 0 atom stereocenters. The van der Waals surface area contributed by atoms with Crippen LogP contribution < -0.4 is 10.6 Å². The highest BCUT2D eigenvalue weighted by molar-refractivity contribution is 5.83. The van der Waals surface area contributed by atoms with Gasteiger partial charge in [-0.05, 0) is 36.3 Å². The fraction of sp³-hybridized carbons (Fsp3) is 0.526. The lowest BCUT2D eigenvalue weighted by molar-refractivity contribution is 0.334. The van der Waals surface area contributed by atoms with E-state index >= 15 is 0 Å². The molecular weight excluding hydrogens is 284 g/mol. The predicted molar refractivity (Wildman–Crippen MR) is 97.9 cm³/mol. The molecule has 1 aliphatic carbocycles. The van der Waals surface area contributed by atoms with E-state index in [4.69, 9.17) is 0 Å². The molecule has 1 aliphatic rings. The smallest absolute Gasteiger partial charge is 0.191 e. The molecular formula is C19H28N4. The van der Waals surface area contributed by atoms with Gasteiger partial charge in [0.15, 0.2) is 5.96 Å². The molecule has 23 heavy (non-hydrogen) atoms. The molecule has 0 unspecified atom stereocenters. The van der Waals surface area contributed by atoms with Gasteiger partial charge in [-0.25, -0.2) is 0 Å². The zero-order valence-electron chi connectivity index (χ0n) is 14.3. The Morgan fingerprint density at radius 2 is 2.00 bits per heavy atom. The summed E-state index contributed by atoms with van der Waals surface area (Å²) in [4.78, 5) is 7.68. The first-order chi connectivity index (χ1) is 11.2. The molecule has 3 N–H and O–H groups in total. The van der Waals surface area contributed by atoms with Crippen molar-refractivity contribution in [1.82, 2.24) is 15.6 Å². The highest BCUT2D eigenvalue weighted by atomic mass is 15.2. The topological polar surface area (TPSA) is 52.2 Å². The number of guanidine groups is 1. The number of aliphatic imine (C=N–C) groups is 1. The summed E-state index contributed by atoms with van der Waals surface area (Å²) in [7, 11) is 1.85. The molecule has 1 heterocycles. The number of benzene rings is 1. The van der Waals surface area contributed by atoms with Gasteiger partial charge in [-0.2, -0.15) is 0 Å². The minimum Gasteiger partial charge on any atom is -0.361 e. The Labute approximate surface area is 138 Å². The number of nitrogens with zero attached hydrogens (tertiary/aromatic N) is 1. The van der Waals surface area contributed by atoms with Crippen molar-refractivity contribution >= 4 is 16.9 Å². The number of para-hydroxylation sites is 1. The van der Waals surface area contributed by atoms with Gasteiger partial charge in [0.05, 0.1) is 0 Å². The van der Waals surface area contributed by atoms with Crippen molar-refractivity contribution < 1.29 is 0 Å². The van der Waals surface area contributed by atoms with Gasteiger partial charge in [0, 0.05) is 37.2 Å². The molecule has 0 aliphatic heterocycles. The summed E-state index contributed by atoms with van der Waals surface area (Å²) in [5.41, 5.74) is 3.00. The van der Waals surface area contributed by atoms with Crippen molar-refractivity contribution in [3.63, 3.8) is 0 Å². The van der Waals surface area contributed by atoms with Crippen LogP contribution in [0.4, 0.5) is 0 Å². The van der Waals surface area contributed by atoms with Gasteiger partial charge in [-0.15, -0.1) is 0 Å². The van der Waals surface area contributed by atoms with Crippen molar-refractivity contribution in [1.29, 1.82) is 0 Å². The van der Waals surface area contributed by atoms with E-state index in [2.05, 4.69) is 58.0 Å². The number of aromatic nitrogens is 1. The molecule has 4 heteroatoms. The van der Waals surface area contributed by atoms with Crippen LogP contribution >= 0.6 is 0 Å². The molecule has 4 nitrogen and oxygen atoms in total. The van der Waals surface area contributed by atoms with E-state index in [-0.39, 0.29) is 0 Å². The molecule has 1 aromatic carbocycles. The Morgan fingerprint density at radius 1 is 1.22 bits per heavy atom. The first kappa shape index (κ1) is 15.9. The third kappa shape index (κ3) is 3.87. The second-order valence-electron chi connectivity index (χ2n) is 6.98. The lowest BCUT2D eigenvalue weighted by atomic mass is 9.89. The van der Waals surface area contributed by atoms with Gasteiger partial charge < -0.3 is 15.6 Å². The third-order valence-corrected chi connectivity index (χ3v) is 5.08. The maximum atomic E-state index is 4.35. The summed E-state index contributed by atoms with van der Waals surface area (Å²) in [6.07, 6.45) is 8.48. The van der Waals surface area contributed by atoms with E-state index < -0.39 is 0 Å². The first-order valence-electron chi connectivity index (χ1n) is 8.70. The average Bonchev–Trinajstić information content (AvgIpc) is 3.18. The molecule has 0 spiro atoms. The Hall–Kier alpha value is -1.97. The first-order valence-corrected chi connectivity index (χ1v) is 8.70. The van der Waals surface area contributed by atoms with Crippen LogP contribution in [0.5, 0.6) is 0 Å². The largest absolute Gasteiger partial charge is 0.361 e. The zero-order chi connectivity index (χ0) is 16.1. The van der Waals surface area contributed by atoms with Gasteiger partial charge in [0.25, 0.3) is 0 Å². The summed E-state index contributed by atoms with van der Waals surface area (Å²) in [5.74, 6) is 0.915. The summed E-state index contributed by atoms with van der Waals surface area (Å²) in [5, 5.41) is 8.25. The maximum Gasteiger partial charge on any atom is 0.191 e. The molecule has 0 radical (unpaired) electrons. The lowest BCUT2D eigenvalue weighted by Crippen LogP contribution is -2.42. The van der Waals surface area contributed by atoms with Gasteiger partial charge in [-0.1, -0.05) is 38.0 Å². The van der Waals surface area contributed by atoms with Gasteiger partial charge in [0.1, 0.15) is 0 Å². The Morgan fingerprint density at radius 3 is 2.78 bits per heavy atom. The monoisotopic (exact) mass is 312 g/mol. The molecule has 0 saturated heterocycles. The summed E-state index contributed by atoms with van der Waals surface area (Å²) in [6.45, 7) is 4.28. The highest BCUT2D eigenvalue weighted by Gasteiger charge is 2.28. The van der Waals surface area contributed by atoms with Crippen LogP contribution in [0.2, 0.25) is 0 Å². The third-order valence-electron chi connectivity index (χ3n) is 5.08. The van der Waals surface area contributed by atoms with E-state index in [0.29, 0.717) is 5.41 Å². The molecule has 3 rings (SSSR count). The second kappa shape index (κ2) is 7.07. The van der Waals surface area contributed by atoms with Crippen LogP contribution in [0.25, 0.3) is 10.9 Å². The molecule has 0 bridgehead atoms. The van der Waals surface area contributed by atoms with E-state index in [1.54, 1.807) is 0 Å². The zero-order valence-corrected chi connectivity index (χ0v) is 14.3. The Bertz CT molecular complexity index is 665. The molecule has 1 aromatic heterocycles. The SMILES string of the molecule is CN=C(NCCc1c[nH]c2ccccc12)NCC1(C)CCCC1. The lowest BCUT2D eigenvalue weighted by Gasteiger charge is -2.25. The van der Waals surface area contributed by atoms with Crippen molar-refractivity contribution in [2.75, 3.05) is 20.1 Å². The standard InChI is InChI=1S/C19H28N4/c1-19(10-5-6-11-19)14-23-18(20-2)21-12-9-15-13-22-17-8-4-3-7-16(15)17/h3-4,7-8,13,22H,5-6,9-12,14H2,1-2H3,(H2,20,21,23). The van der Waals surface area contributed by atoms with Crippen molar-refractivity contribution in [3.8, 4) is 0 Å². The Kier molecular flexibility index (Phi) is 4.89. The summed E-state index contributed by atoms with van der Waals surface area (Å²) >= 11 is 0. The molecule has 0 amide bonds. The molecule has 2 aromatic rings. The second-order valence-corrected chi connectivity index (χ2v) is 6.98. The van der Waals surface area contributed by atoms with Crippen LogP contribution in [-0.2, 0) is 6.42 Å². The van der Waals surface area contributed by atoms with E-state index in [0.717, 1.165) is 25.5 Å². The normalized spacial score (nSPS) is 17.6. The number of rotatable bonds is 5. The van der Waals surface area contributed by atoms with Crippen molar-refractivity contribution in [3.05, 3.63) is 36.0 Å². The number of fused-ring (bicyclic) bond motifs is 1. The van der Waals surface area contributed by atoms with Crippen molar-refractivity contribution in [2.45, 2.75) is 39.0 Å². The molecule has 124 valence electrons. The summed E-state index contributed by atoms with van der Waals surface area (Å²) < 4.78 is 0. The maximum absolute atomic E-state index is 4.35. The minimum atomic E-state index is 0.439. The number of aromatic amines is 1. The van der Waals surface area contributed by atoms with Gasteiger partial charge in [-0.3, -0.25) is 4.99 Å². The predicted octanol–water partition coefficient (Wildman–Crippen LogP) is 3.46. The Balaban J connectivity index is 1.48. The number of H-pyrrole nitrogens is 1. The molecule has 1 saturated carbocycles. The fourth-order valence-corrected chi connectivity index (χ4v) is 3.58. The van der Waals surface area contributed by atoms with Crippen LogP contribution in [0.3, 0.4) is 0 Å². The summed E-state index contributed by atoms with van der Waals surface area (Å²) in [6, 6.07) is 8.45. The van der Waals surface area contributed by atoms with E-state index in [9.17, 15) is 0 Å². The van der Waals surface area contributed by atoms with Gasteiger partial charge in [0.2, 0.25) is 0 Å². The van der Waals surface area contributed by atoms with E-state index in [1.165, 1.54) is 42.1 Å². The van der Waals surface area contributed by atoms with Gasteiger partial charge >= 0.3 is 0 Å². The van der Waals surface area contributed by atoms with Crippen LogP contribution in [0, 0.1) is 5.41 Å². The van der Waals surface area contributed by atoms with Crippen LogP contribution in [0.1, 0.15) is 38.2 Å². The quantitative estimate of drug-likeness (QED) is 0.585. The number of hydrogen-bond donors (Lipinski definition) is 3.